The van der Waals surface area contributed by atoms with Crippen LogP contribution in [0.4, 0.5) is 13.2 Å². The predicted molar refractivity (Wildman–Crippen MR) is 39.2 cm³/mol. The Labute approximate surface area is 61.6 Å². The number of rotatable bonds is 3. The van der Waals surface area contributed by atoms with Gasteiger partial charge in [0.15, 0.2) is 6.17 Å². The maximum atomic E-state index is 12.5. The fourth-order valence-electron chi connectivity index (χ4n) is 0.707. The summed E-state index contributed by atoms with van der Waals surface area (Å²) < 4.78 is 37.1. The maximum absolute atomic E-state index is 12.5. The zero-order chi connectivity index (χ0) is 8.36. The van der Waals surface area contributed by atoms with Gasteiger partial charge in [0, 0.05) is 0 Å². The maximum Gasteiger partial charge on any atom is 0.253 e. The Morgan fingerprint density at radius 2 is 1.60 bits per heavy atom. The van der Waals surface area contributed by atoms with E-state index in [2.05, 4.69) is 0 Å². The quantitative estimate of drug-likeness (QED) is 0.568. The van der Waals surface area contributed by atoms with E-state index in [1.807, 2.05) is 0 Å². The van der Waals surface area contributed by atoms with E-state index in [9.17, 15) is 13.2 Å². The first-order chi connectivity index (χ1) is 4.36. The summed E-state index contributed by atoms with van der Waals surface area (Å²) >= 11 is 0. The smallest absolute Gasteiger partial charge is 0.242 e. The minimum absolute atomic E-state index is 0.0202. The van der Waals surface area contributed by atoms with Crippen molar-refractivity contribution < 1.29 is 13.2 Å². The molecule has 0 saturated heterocycles. The van der Waals surface area contributed by atoms with Gasteiger partial charge in [-0.05, 0) is 6.92 Å². The summed E-state index contributed by atoms with van der Waals surface area (Å²) in [5, 5.41) is 0. The molecule has 0 aromatic heterocycles. The van der Waals surface area contributed by atoms with Crippen LogP contribution in [0.3, 0.4) is 0 Å². The van der Waals surface area contributed by atoms with Crippen molar-refractivity contribution in [2.45, 2.75) is 38.0 Å². The summed E-state index contributed by atoms with van der Waals surface area (Å²) in [6, 6.07) is 0. The number of halogens is 3. The van der Waals surface area contributed by atoms with Crippen molar-refractivity contribution in [1.82, 2.24) is 0 Å². The van der Waals surface area contributed by atoms with Gasteiger partial charge in [-0.3, -0.25) is 0 Å². The molecule has 0 amide bonds. The van der Waals surface area contributed by atoms with Crippen molar-refractivity contribution in [2.75, 3.05) is 0 Å². The van der Waals surface area contributed by atoms with Crippen molar-refractivity contribution in [3.63, 3.8) is 0 Å². The summed E-state index contributed by atoms with van der Waals surface area (Å²) in [5.74, 6) is 0. The molecule has 0 nitrogen and oxygen atoms in total. The highest BCUT2D eigenvalue weighted by atomic mass is 28.2. The first-order valence-corrected chi connectivity index (χ1v) is 4.90. The van der Waals surface area contributed by atoms with E-state index in [1.165, 1.54) is 0 Å². The van der Waals surface area contributed by atoms with E-state index >= 15 is 0 Å². The van der Waals surface area contributed by atoms with E-state index in [0.29, 0.717) is 0 Å². The highest BCUT2D eigenvalue weighted by molar-refractivity contribution is 6.40. The zero-order valence-electron chi connectivity index (χ0n) is 6.50. The summed E-state index contributed by atoms with van der Waals surface area (Å²) in [6.07, 6.45) is -1.97. The van der Waals surface area contributed by atoms with Gasteiger partial charge in [-0.1, -0.05) is 19.4 Å². The molecule has 0 N–H and O–H groups in total. The second-order valence-electron chi connectivity index (χ2n) is 2.98. The Morgan fingerprint density at radius 3 is 1.70 bits per heavy atom. The molecule has 0 saturated carbocycles. The molecule has 0 heterocycles. The van der Waals surface area contributed by atoms with E-state index in [-0.39, 0.29) is 5.54 Å². The van der Waals surface area contributed by atoms with E-state index in [4.69, 9.17) is 0 Å². The molecule has 0 spiro atoms. The van der Waals surface area contributed by atoms with Crippen LogP contribution < -0.4 is 0 Å². The fourth-order valence-corrected chi connectivity index (χ4v) is 2.12. The molecular formula is C6H13F3Si. The molecule has 1 atom stereocenters. The minimum atomic E-state index is -3.01. The molecule has 0 aromatic carbocycles. The lowest BCUT2D eigenvalue weighted by molar-refractivity contribution is 0.0105. The molecule has 0 aromatic rings. The van der Waals surface area contributed by atoms with Gasteiger partial charge < -0.3 is 0 Å². The van der Waals surface area contributed by atoms with Crippen LogP contribution in [0.2, 0.25) is 5.54 Å². The van der Waals surface area contributed by atoms with Crippen LogP contribution in [-0.4, -0.2) is 21.2 Å². The monoisotopic (exact) mass is 170 g/mol. The van der Waals surface area contributed by atoms with E-state index in [1.54, 1.807) is 13.8 Å². The van der Waals surface area contributed by atoms with Crippen LogP contribution in [0.1, 0.15) is 20.8 Å². The summed E-state index contributed by atoms with van der Waals surface area (Å²) in [7, 11) is -1.58. The highest BCUT2D eigenvalue weighted by Crippen LogP contribution is 2.23. The van der Waals surface area contributed by atoms with Crippen LogP contribution in [-0.2, 0) is 0 Å². The molecule has 0 rings (SSSR count). The van der Waals surface area contributed by atoms with Crippen LogP contribution >= 0.6 is 0 Å². The molecule has 0 bridgehead atoms. The number of hydrogen-bond acceptors (Lipinski definition) is 0. The van der Waals surface area contributed by atoms with Crippen molar-refractivity contribution in [3.8, 4) is 0 Å². The first kappa shape index (κ1) is 10.0. The molecule has 62 valence electrons. The minimum Gasteiger partial charge on any atom is -0.242 e. The van der Waals surface area contributed by atoms with E-state index in [0.717, 1.165) is 6.92 Å². The average molecular weight is 170 g/mol. The number of alkyl halides is 3. The van der Waals surface area contributed by atoms with Gasteiger partial charge in [-0.15, -0.1) is 0 Å². The lowest BCUT2D eigenvalue weighted by Gasteiger charge is -2.18. The average Bonchev–Trinajstić information content (AvgIpc) is 1.60. The van der Waals surface area contributed by atoms with Crippen molar-refractivity contribution in [2.24, 2.45) is 0 Å². The van der Waals surface area contributed by atoms with Gasteiger partial charge in [-0.25, -0.2) is 13.2 Å². The second-order valence-corrected chi connectivity index (χ2v) is 5.96. The molecule has 4 heteroatoms. The Hall–Kier alpha value is 0.00688. The zero-order valence-corrected chi connectivity index (χ0v) is 7.91. The van der Waals surface area contributed by atoms with Crippen LogP contribution in [0.25, 0.3) is 0 Å². The summed E-state index contributed by atoms with van der Waals surface area (Å²) in [5.41, 5.74) is -3.03. The van der Waals surface area contributed by atoms with Crippen LogP contribution in [0.15, 0.2) is 0 Å². The van der Waals surface area contributed by atoms with Gasteiger partial charge in [0.1, 0.15) is 9.52 Å². The Bertz CT molecular complexity index is 101. The number of hydrogen-bond donors (Lipinski definition) is 0. The predicted octanol–water partition coefficient (Wildman–Crippen LogP) is 1.93. The molecule has 0 aliphatic carbocycles. The molecule has 0 radical (unpaired) electrons. The largest absolute Gasteiger partial charge is 0.253 e. The van der Waals surface area contributed by atoms with E-state index < -0.39 is 21.2 Å². The molecule has 0 aliphatic heterocycles. The van der Waals surface area contributed by atoms with Crippen LogP contribution in [0, 0.1) is 0 Å². The molecule has 10 heavy (non-hydrogen) atoms. The van der Waals surface area contributed by atoms with Gasteiger partial charge in [0.25, 0.3) is 5.55 Å². The third-order valence-electron chi connectivity index (χ3n) is 1.26. The Balaban J connectivity index is 3.87. The Kier molecular flexibility index (Phi) is 3.42. The lowest BCUT2D eigenvalue weighted by atomic mass is 10.5. The van der Waals surface area contributed by atoms with Gasteiger partial charge in [-0.2, -0.15) is 0 Å². The van der Waals surface area contributed by atoms with Gasteiger partial charge in [0.2, 0.25) is 0 Å². The third kappa shape index (κ3) is 3.24. The first-order valence-electron chi connectivity index (χ1n) is 3.38. The molecule has 0 aliphatic rings. The Morgan fingerprint density at radius 1 is 1.20 bits per heavy atom. The van der Waals surface area contributed by atoms with Gasteiger partial charge in [0.05, 0.1) is 0 Å². The lowest BCUT2D eigenvalue weighted by Crippen LogP contribution is -2.35. The van der Waals surface area contributed by atoms with Crippen molar-refractivity contribution >= 4 is 9.52 Å². The van der Waals surface area contributed by atoms with Crippen molar-refractivity contribution in [3.05, 3.63) is 0 Å². The van der Waals surface area contributed by atoms with Crippen LogP contribution in [0.5, 0.6) is 0 Å². The van der Waals surface area contributed by atoms with Crippen molar-refractivity contribution in [1.29, 1.82) is 0 Å². The molecule has 0 fully saturated rings. The second kappa shape index (κ2) is 3.41. The molecule has 1 unspecified atom stereocenters. The van der Waals surface area contributed by atoms with Gasteiger partial charge >= 0.3 is 0 Å². The topological polar surface area (TPSA) is 0 Å². The SMILES string of the molecule is CC(C)[SiH2]C(F)(F)C(C)F. The summed E-state index contributed by atoms with van der Waals surface area (Å²) in [4.78, 5) is 0. The summed E-state index contributed by atoms with van der Waals surface area (Å²) in [6.45, 7) is 4.35. The fraction of sp³-hybridized carbons (Fsp3) is 1.00. The highest BCUT2D eigenvalue weighted by Gasteiger charge is 2.37. The third-order valence-corrected chi connectivity index (χ3v) is 3.19. The standard InChI is InChI=1S/C6H13F3Si/c1-4(2)10-6(8,9)5(3)7/h4-5H,10H2,1-3H3. The molecular weight excluding hydrogens is 157 g/mol. The normalized spacial score (nSPS) is 17.1.